The summed E-state index contributed by atoms with van der Waals surface area (Å²) in [6.07, 6.45) is 19.5. The Morgan fingerprint density at radius 1 is 0.471 bits per heavy atom. The van der Waals surface area contributed by atoms with Gasteiger partial charge in [0.2, 0.25) is 5.69 Å². The fourth-order valence-corrected chi connectivity index (χ4v) is 9.73. The molecule has 2 aliphatic rings. The molecule has 0 saturated heterocycles. The molecule has 0 saturated carbocycles. The SMILES string of the molecule is CC#CC#CC#CC#CC#CC#CC#CC#CC#CC#CC#CC#CC#CC#CC#CC#CC#CC.CCCCC[N+]1=C(C=CC=CC=CC=C2N(CCCCS(=O)(=O)[O-])c3ccc4ccccc4c3C2(C)C)C(C)(C)c2c1ccc1ccccc21.[Na+]. The van der Waals surface area contributed by atoms with Gasteiger partial charge in [0.25, 0.3) is 0 Å². The standard InChI is InChI=1S/C44H50N2O3S.C36H6.Na/c1-6-7-17-30-45-37-28-26-33-20-13-15-22-35(33)41(37)43(2,3)39(45)24-11-9-8-10-12-25-40-44(4,5)42-36-23-16-14-21-34(36)27-29-38(42)46(40)31-18-19-32-50(47,48)49;1-3-5-7-9-11-13-15-17-19-21-23-25-27-29-31-33-35-36-34-32-30-28-26-24-22-20-18-16-14-12-10-8-6-4-2;/h8-16,20-29H,6-7,17-19,30-32H2,1-5H3;1-2H3;/q;;+1. The number of hydrogen-bond acceptors (Lipinski definition) is 4. The van der Waals surface area contributed by atoms with Gasteiger partial charge in [-0.25, -0.2) is 8.42 Å². The smallest absolute Gasteiger partial charge is 0.748 e. The summed E-state index contributed by atoms with van der Waals surface area (Å²) in [7, 11) is -4.23. The first-order valence-corrected chi connectivity index (χ1v) is 28.9. The first kappa shape index (κ1) is 68.8. The van der Waals surface area contributed by atoms with Crippen LogP contribution in [0.3, 0.4) is 0 Å². The molecule has 2 aliphatic heterocycles. The normalized spacial score (nSPS) is 11.9. The van der Waals surface area contributed by atoms with E-state index in [0.717, 1.165) is 24.4 Å². The zero-order valence-electron chi connectivity index (χ0n) is 50.2. The molecule has 5 nitrogen and oxygen atoms in total. The molecule has 6 rings (SSSR count). The molecule has 410 valence electrons. The van der Waals surface area contributed by atoms with Crippen molar-refractivity contribution in [3.05, 3.63) is 132 Å². The largest absolute Gasteiger partial charge is 1.00 e. The van der Waals surface area contributed by atoms with Crippen molar-refractivity contribution >= 4 is 48.7 Å². The van der Waals surface area contributed by atoms with E-state index in [1.54, 1.807) is 13.8 Å². The van der Waals surface area contributed by atoms with Crippen LogP contribution in [0.15, 0.2) is 121 Å². The van der Waals surface area contributed by atoms with E-state index in [9.17, 15) is 13.0 Å². The topological polar surface area (TPSA) is 63.5 Å². The molecule has 0 spiro atoms. The average Bonchev–Trinajstić information content (AvgIpc) is 2.20. The Labute approximate surface area is 540 Å². The zero-order valence-corrected chi connectivity index (χ0v) is 53.0. The van der Waals surface area contributed by atoms with Crippen LogP contribution in [-0.4, -0.2) is 42.1 Å². The third-order valence-electron chi connectivity index (χ3n) is 12.7. The second-order valence-corrected chi connectivity index (χ2v) is 20.7. The van der Waals surface area contributed by atoms with Gasteiger partial charge in [0.15, 0.2) is 5.71 Å². The summed E-state index contributed by atoms with van der Waals surface area (Å²) in [5.74, 6) is 85.3. The number of fused-ring (bicyclic) bond motifs is 6. The van der Waals surface area contributed by atoms with Gasteiger partial charge in [-0.05, 0) is 187 Å². The van der Waals surface area contributed by atoms with E-state index in [1.165, 1.54) is 56.9 Å². The molecule has 87 heavy (non-hydrogen) atoms. The van der Waals surface area contributed by atoms with Gasteiger partial charge in [0.1, 0.15) is 6.54 Å². The minimum absolute atomic E-state index is 0. The van der Waals surface area contributed by atoms with E-state index in [4.69, 9.17) is 0 Å². The Balaban J connectivity index is 0.000000391. The summed E-state index contributed by atoms with van der Waals surface area (Å²) in [4.78, 5) is 2.31. The average molecular weight is 1150 g/mol. The maximum atomic E-state index is 11.3. The van der Waals surface area contributed by atoms with E-state index in [0.29, 0.717) is 19.4 Å². The summed E-state index contributed by atoms with van der Waals surface area (Å²) in [5.41, 5.74) is 7.26. The molecule has 4 aromatic carbocycles. The quantitative estimate of drug-likeness (QED) is 0.0338. The number of unbranched alkanes of at least 4 members (excludes halogenated alkanes) is 3. The van der Waals surface area contributed by atoms with Gasteiger partial charge in [0, 0.05) is 148 Å². The Kier molecular flexibility index (Phi) is 30.2. The molecule has 0 radical (unpaired) electrons. The van der Waals surface area contributed by atoms with Gasteiger partial charge in [-0.3, -0.25) is 0 Å². The van der Waals surface area contributed by atoms with Crippen LogP contribution in [0.1, 0.15) is 91.7 Å². The van der Waals surface area contributed by atoms with Crippen molar-refractivity contribution in [2.75, 3.05) is 23.7 Å². The van der Waals surface area contributed by atoms with Crippen molar-refractivity contribution < 1.29 is 47.1 Å². The van der Waals surface area contributed by atoms with Crippen LogP contribution in [-0.2, 0) is 20.9 Å². The van der Waals surface area contributed by atoms with Crippen LogP contribution < -0.4 is 34.5 Å². The van der Waals surface area contributed by atoms with Gasteiger partial charge < -0.3 is 9.45 Å². The van der Waals surface area contributed by atoms with E-state index in [1.807, 2.05) is 0 Å². The number of allylic oxidation sites excluding steroid dienone is 8. The molecule has 2 heterocycles. The molecular formula is C80H56N2NaO3S+. The maximum Gasteiger partial charge on any atom is 1.00 e. The second-order valence-electron chi connectivity index (χ2n) is 19.2. The van der Waals surface area contributed by atoms with Gasteiger partial charge in [-0.2, -0.15) is 4.58 Å². The third kappa shape index (κ3) is 22.7. The van der Waals surface area contributed by atoms with Gasteiger partial charge in [0.05, 0.1) is 15.5 Å². The molecule has 0 bridgehead atoms. The second kappa shape index (κ2) is 38.2. The molecule has 7 heteroatoms. The van der Waals surface area contributed by atoms with Crippen molar-refractivity contribution in [3.63, 3.8) is 0 Å². The third-order valence-corrected chi connectivity index (χ3v) is 13.4. The Bertz CT molecular complexity index is 4620. The van der Waals surface area contributed by atoms with E-state index in [-0.39, 0.29) is 46.1 Å². The van der Waals surface area contributed by atoms with Crippen LogP contribution in [0, 0.1) is 201 Å². The van der Waals surface area contributed by atoms with Crippen LogP contribution >= 0.6 is 0 Å². The Morgan fingerprint density at radius 2 is 0.874 bits per heavy atom. The molecule has 4 aromatic rings. The van der Waals surface area contributed by atoms with Gasteiger partial charge in [-0.1, -0.05) is 124 Å². The number of hydrogen-bond donors (Lipinski definition) is 0. The van der Waals surface area contributed by atoms with Crippen molar-refractivity contribution in [1.29, 1.82) is 0 Å². The first-order chi connectivity index (χ1) is 41.9. The number of rotatable bonds is 13. The number of nitrogens with zero attached hydrogens (tertiary/aromatic N) is 2. The molecule has 0 aromatic heterocycles. The summed E-state index contributed by atoms with van der Waals surface area (Å²) < 4.78 is 36.3. The molecular weight excluding hydrogens is 1090 g/mol. The van der Waals surface area contributed by atoms with Gasteiger partial charge in [-0.15, -0.1) is 0 Å². The van der Waals surface area contributed by atoms with Crippen molar-refractivity contribution in [2.45, 2.75) is 91.4 Å². The van der Waals surface area contributed by atoms with Crippen LogP contribution in [0.5, 0.6) is 0 Å². The van der Waals surface area contributed by atoms with Gasteiger partial charge >= 0.3 is 29.6 Å². The summed E-state index contributed by atoms with van der Waals surface area (Å²) in [5, 5.41) is 5.05. The Hall–Kier alpha value is -10.7. The number of anilines is 1. The zero-order chi connectivity index (χ0) is 61.6. The van der Waals surface area contributed by atoms with Crippen LogP contribution in [0.2, 0.25) is 0 Å². The number of benzene rings is 4. The minimum Gasteiger partial charge on any atom is -0.748 e. The molecule has 0 N–H and O–H groups in total. The molecule has 0 unspecified atom stereocenters. The van der Waals surface area contributed by atoms with Crippen molar-refractivity contribution in [1.82, 2.24) is 0 Å². The van der Waals surface area contributed by atoms with E-state index in [2.05, 4.69) is 361 Å². The van der Waals surface area contributed by atoms with E-state index < -0.39 is 10.1 Å². The van der Waals surface area contributed by atoms with Crippen molar-refractivity contribution in [3.8, 4) is 201 Å². The van der Waals surface area contributed by atoms with Crippen LogP contribution in [0.4, 0.5) is 11.4 Å². The molecule has 0 aliphatic carbocycles. The van der Waals surface area contributed by atoms with Crippen LogP contribution in [0.25, 0.3) is 21.5 Å². The van der Waals surface area contributed by atoms with Crippen molar-refractivity contribution in [2.24, 2.45) is 0 Å². The minimum atomic E-state index is -4.23. The molecule has 0 amide bonds. The molecule has 0 atom stereocenters. The summed E-state index contributed by atoms with van der Waals surface area (Å²) >= 11 is 0. The van der Waals surface area contributed by atoms with E-state index >= 15 is 0 Å². The molecule has 0 fully saturated rings. The predicted octanol–water partition coefficient (Wildman–Crippen LogP) is 8.32. The maximum absolute atomic E-state index is 11.3. The fraction of sp³-hybridized carbons (Fsp3) is 0.212. The fourth-order valence-electron chi connectivity index (χ4n) is 9.17. The monoisotopic (exact) mass is 1150 g/mol. The predicted molar refractivity (Wildman–Crippen MR) is 353 cm³/mol. The summed E-state index contributed by atoms with van der Waals surface area (Å²) in [6, 6.07) is 26.1. The summed E-state index contributed by atoms with van der Waals surface area (Å²) in [6.45, 7) is 16.5. The Morgan fingerprint density at radius 3 is 1.31 bits per heavy atom. The first-order valence-electron chi connectivity index (χ1n) is 27.3.